The maximum Gasteiger partial charge on any atom is 0.164 e. The number of hydrogen-bond acceptors (Lipinski definition) is 7. The minimum absolute atomic E-state index is 0.0157. The first kappa shape index (κ1) is 39.0. The third-order valence-electron chi connectivity index (χ3n) is 13.8. The van der Waals surface area contributed by atoms with Gasteiger partial charge in [0.15, 0.2) is 34.9 Å². The number of fused-ring (bicyclic) bond motifs is 3. The smallest absolute Gasteiger partial charge is 0.164 e. The molecule has 15 rings (SSSR count). The molecule has 2 bridgehead atoms. The molecule has 322 valence electrons. The summed E-state index contributed by atoms with van der Waals surface area (Å²) in [6.07, 6.45) is 0. The molecule has 69 heavy (non-hydrogen) atoms. The van der Waals surface area contributed by atoms with Crippen molar-refractivity contribution < 1.29 is 4.42 Å². The normalized spacial score (nSPS) is 14.4. The molecule has 0 aliphatic heterocycles. The van der Waals surface area contributed by atoms with E-state index in [1.165, 1.54) is 33.4 Å². The van der Waals surface area contributed by atoms with Crippen LogP contribution in [0, 0.1) is 0 Å². The number of para-hydroxylation sites is 2. The highest BCUT2D eigenvalue weighted by atomic mass is 16.3. The van der Waals surface area contributed by atoms with E-state index < -0.39 is 0 Å². The van der Waals surface area contributed by atoms with Crippen molar-refractivity contribution in [2.24, 2.45) is 0 Å². The topological polar surface area (TPSA) is 90.5 Å². The lowest BCUT2D eigenvalue weighted by molar-refractivity contribution is 0.670. The van der Waals surface area contributed by atoms with E-state index >= 15 is 0 Å². The standard InChI is InChI=1S/C62H38N6O/c1-4-15-38(16-5-1)57-63-58(39-17-6-2-7-18-39)66-61(65-57)42-31-33-48-51(35-42)54-46-22-10-11-23-47(46)55(48)52-36-43(32-34-49(52)54)62-67-59(40-19-8-3-9-20-40)64-60(68-62)41-29-27-37(28-30-41)44-24-14-25-50-45-21-12-13-26-53(45)69-56(44)50/h1-36,54-55H. The molecule has 3 aliphatic rings. The minimum Gasteiger partial charge on any atom is -0.455 e. The number of nitrogens with zero attached hydrogens (tertiary/aromatic N) is 6. The lowest BCUT2D eigenvalue weighted by Crippen LogP contribution is -2.27. The average molecular weight is 883 g/mol. The van der Waals surface area contributed by atoms with Gasteiger partial charge in [-0.25, -0.2) is 29.9 Å². The van der Waals surface area contributed by atoms with Crippen molar-refractivity contribution >= 4 is 21.9 Å². The predicted molar refractivity (Wildman–Crippen MR) is 273 cm³/mol. The highest BCUT2D eigenvalue weighted by Crippen LogP contribution is 2.56. The summed E-state index contributed by atoms with van der Waals surface area (Å²) in [4.78, 5) is 30.6. The summed E-state index contributed by atoms with van der Waals surface area (Å²) in [6, 6.07) is 75.9. The van der Waals surface area contributed by atoms with E-state index in [9.17, 15) is 0 Å². The summed E-state index contributed by atoms with van der Waals surface area (Å²) >= 11 is 0. The highest BCUT2D eigenvalue weighted by Gasteiger charge is 2.41. The largest absolute Gasteiger partial charge is 0.455 e. The fourth-order valence-corrected chi connectivity index (χ4v) is 10.6. The zero-order valence-electron chi connectivity index (χ0n) is 37.0. The van der Waals surface area contributed by atoms with E-state index in [4.69, 9.17) is 34.3 Å². The second kappa shape index (κ2) is 15.7. The van der Waals surface area contributed by atoms with Crippen molar-refractivity contribution in [1.29, 1.82) is 0 Å². The SMILES string of the molecule is c1ccc(-c2nc(-c3ccccc3)nc(-c3ccc4c(c3)C3c5ccccc5C4c4cc(-c5nc(-c6ccccc6)nc(-c6ccc(-c7cccc8c7oc7ccccc78)cc6)n5)ccc43)n2)cc1. The molecule has 0 amide bonds. The maximum absolute atomic E-state index is 6.40. The van der Waals surface area contributed by atoms with E-state index in [1.54, 1.807) is 0 Å². The van der Waals surface area contributed by atoms with Gasteiger partial charge in [0.05, 0.1) is 0 Å². The summed E-state index contributed by atoms with van der Waals surface area (Å²) in [5, 5.41) is 2.22. The van der Waals surface area contributed by atoms with Crippen molar-refractivity contribution in [3.05, 3.63) is 252 Å². The molecule has 9 aromatic carbocycles. The van der Waals surface area contributed by atoms with Crippen LogP contribution in [0.2, 0.25) is 0 Å². The van der Waals surface area contributed by atoms with E-state index in [0.29, 0.717) is 34.9 Å². The summed E-state index contributed by atoms with van der Waals surface area (Å²) < 4.78 is 6.40. The van der Waals surface area contributed by atoms with Gasteiger partial charge in [-0.2, -0.15) is 0 Å². The third-order valence-corrected chi connectivity index (χ3v) is 13.8. The first-order valence-corrected chi connectivity index (χ1v) is 23.3. The van der Waals surface area contributed by atoms with Crippen LogP contribution >= 0.6 is 0 Å². The molecular formula is C62H38N6O. The molecule has 3 heterocycles. The molecule has 2 unspecified atom stereocenters. The summed E-state index contributed by atoms with van der Waals surface area (Å²) in [6.45, 7) is 0. The zero-order valence-corrected chi connectivity index (χ0v) is 37.0. The quantitative estimate of drug-likeness (QED) is 0.157. The monoisotopic (exact) mass is 882 g/mol. The van der Waals surface area contributed by atoms with E-state index in [1.807, 2.05) is 91.0 Å². The number of rotatable bonds is 7. The predicted octanol–water partition coefficient (Wildman–Crippen LogP) is 14.6. The molecule has 12 aromatic rings. The van der Waals surface area contributed by atoms with Gasteiger partial charge in [-0.1, -0.05) is 200 Å². The molecule has 3 aromatic heterocycles. The van der Waals surface area contributed by atoms with Crippen molar-refractivity contribution in [3.8, 4) is 79.5 Å². The van der Waals surface area contributed by atoms with Gasteiger partial charge in [-0.15, -0.1) is 0 Å². The van der Waals surface area contributed by atoms with E-state index in [2.05, 4.69) is 127 Å². The molecule has 0 saturated heterocycles. The Kier molecular flexibility index (Phi) is 8.89. The van der Waals surface area contributed by atoms with Crippen LogP contribution in [-0.2, 0) is 0 Å². The van der Waals surface area contributed by atoms with Crippen molar-refractivity contribution in [2.45, 2.75) is 11.8 Å². The molecule has 0 radical (unpaired) electrons. The Balaban J connectivity index is 0.863. The Morgan fingerprint density at radius 2 is 0.623 bits per heavy atom. The number of benzene rings is 9. The van der Waals surface area contributed by atoms with Crippen LogP contribution in [0.15, 0.2) is 223 Å². The Morgan fingerprint density at radius 3 is 1.12 bits per heavy atom. The van der Waals surface area contributed by atoms with Gasteiger partial charge in [0.25, 0.3) is 0 Å². The van der Waals surface area contributed by atoms with Crippen LogP contribution in [0.3, 0.4) is 0 Å². The Bertz CT molecular complexity index is 3910. The second-order valence-electron chi connectivity index (χ2n) is 17.8. The van der Waals surface area contributed by atoms with E-state index in [-0.39, 0.29) is 11.8 Å². The van der Waals surface area contributed by atoms with Gasteiger partial charge in [-0.3, -0.25) is 0 Å². The van der Waals surface area contributed by atoms with Crippen LogP contribution in [0.5, 0.6) is 0 Å². The number of hydrogen-bond donors (Lipinski definition) is 0. The highest BCUT2D eigenvalue weighted by molar-refractivity contribution is 6.09. The van der Waals surface area contributed by atoms with Crippen LogP contribution in [0.4, 0.5) is 0 Å². The van der Waals surface area contributed by atoms with Crippen molar-refractivity contribution in [3.63, 3.8) is 0 Å². The van der Waals surface area contributed by atoms with Gasteiger partial charge < -0.3 is 4.42 Å². The fourth-order valence-electron chi connectivity index (χ4n) is 10.6. The zero-order chi connectivity index (χ0) is 45.4. The molecule has 0 saturated carbocycles. The molecule has 7 heteroatoms. The van der Waals surface area contributed by atoms with Gasteiger partial charge in [0.2, 0.25) is 0 Å². The summed E-state index contributed by atoms with van der Waals surface area (Å²) in [5.41, 5.74) is 17.2. The van der Waals surface area contributed by atoms with Crippen LogP contribution in [0.1, 0.15) is 45.2 Å². The van der Waals surface area contributed by atoms with Crippen LogP contribution < -0.4 is 0 Å². The summed E-state index contributed by atoms with van der Waals surface area (Å²) in [5.74, 6) is 3.83. The Hall–Kier alpha value is -9.20. The molecule has 0 spiro atoms. The van der Waals surface area contributed by atoms with Gasteiger partial charge >= 0.3 is 0 Å². The minimum atomic E-state index is 0.0157. The number of aromatic nitrogens is 6. The Morgan fingerprint density at radius 1 is 0.261 bits per heavy atom. The Labute approximate surface area is 397 Å². The fraction of sp³-hybridized carbons (Fsp3) is 0.0323. The first-order valence-electron chi connectivity index (χ1n) is 23.3. The van der Waals surface area contributed by atoms with Crippen LogP contribution in [-0.4, -0.2) is 29.9 Å². The second-order valence-corrected chi connectivity index (χ2v) is 17.8. The third kappa shape index (κ3) is 6.50. The molecule has 0 N–H and O–H groups in total. The lowest BCUT2D eigenvalue weighted by atomic mass is 9.61. The maximum atomic E-state index is 6.40. The lowest BCUT2D eigenvalue weighted by Gasteiger charge is -2.42. The molecule has 2 atom stereocenters. The average Bonchev–Trinajstić information content (AvgIpc) is 3.82. The van der Waals surface area contributed by atoms with E-state index in [0.717, 1.165) is 66.4 Å². The van der Waals surface area contributed by atoms with Gasteiger partial charge in [0, 0.05) is 61.6 Å². The summed E-state index contributed by atoms with van der Waals surface area (Å²) in [7, 11) is 0. The van der Waals surface area contributed by atoms with Gasteiger partial charge in [-0.05, 0) is 57.1 Å². The van der Waals surface area contributed by atoms with Crippen molar-refractivity contribution in [1.82, 2.24) is 29.9 Å². The van der Waals surface area contributed by atoms with Gasteiger partial charge in [0.1, 0.15) is 11.2 Å². The van der Waals surface area contributed by atoms with Crippen LogP contribution in [0.25, 0.3) is 101 Å². The number of furan rings is 1. The molecule has 0 fully saturated rings. The molecule has 7 nitrogen and oxygen atoms in total. The molecule has 3 aliphatic carbocycles. The molecular weight excluding hydrogens is 845 g/mol. The van der Waals surface area contributed by atoms with Crippen molar-refractivity contribution in [2.75, 3.05) is 0 Å². The first-order chi connectivity index (χ1) is 34.2.